The number of likely N-dealkylation sites (N-methyl/N-ethyl adjacent to an activating group) is 1. The van der Waals surface area contributed by atoms with E-state index in [1.807, 2.05) is 7.05 Å². The van der Waals surface area contributed by atoms with E-state index in [9.17, 15) is 0 Å². The molecule has 0 aliphatic heterocycles. The van der Waals surface area contributed by atoms with Crippen LogP contribution in [0.1, 0.15) is 22.7 Å². The van der Waals surface area contributed by atoms with Crippen molar-refractivity contribution in [2.75, 3.05) is 7.05 Å². The zero-order chi connectivity index (χ0) is 13.8. The topological polar surface area (TPSA) is 12.0 Å². The van der Waals surface area contributed by atoms with Crippen LogP contribution >= 0.6 is 31.9 Å². The van der Waals surface area contributed by atoms with Gasteiger partial charge in [-0.15, -0.1) is 0 Å². The molecule has 0 fully saturated rings. The van der Waals surface area contributed by atoms with Gasteiger partial charge in [0.1, 0.15) is 0 Å². The molecule has 2 rings (SSSR count). The smallest absolute Gasteiger partial charge is 0.0369 e. The molecule has 0 aliphatic rings. The molecule has 2 aromatic carbocycles. The number of aryl methyl sites for hydroxylation is 1. The maximum atomic E-state index is 3.65. The lowest BCUT2D eigenvalue weighted by atomic mass is 9.98. The van der Waals surface area contributed by atoms with Gasteiger partial charge in [-0.05, 0) is 49.7 Å². The van der Waals surface area contributed by atoms with Crippen molar-refractivity contribution in [3.8, 4) is 0 Å². The van der Waals surface area contributed by atoms with Crippen molar-refractivity contribution in [2.45, 2.75) is 19.4 Å². The van der Waals surface area contributed by atoms with Crippen LogP contribution in [0.4, 0.5) is 0 Å². The Bertz CT molecular complexity index is 566. The predicted molar refractivity (Wildman–Crippen MR) is 88.5 cm³/mol. The van der Waals surface area contributed by atoms with Gasteiger partial charge in [0, 0.05) is 15.0 Å². The minimum absolute atomic E-state index is 0.309. The molecule has 1 N–H and O–H groups in total. The Balaban J connectivity index is 2.27. The minimum Gasteiger partial charge on any atom is -0.313 e. The number of hydrogen-bond donors (Lipinski definition) is 1. The van der Waals surface area contributed by atoms with Gasteiger partial charge in [-0.1, -0.05) is 61.7 Å². The first-order chi connectivity index (χ1) is 9.10. The van der Waals surface area contributed by atoms with Gasteiger partial charge in [-0.25, -0.2) is 0 Å². The summed E-state index contributed by atoms with van der Waals surface area (Å²) in [6.07, 6.45) is 0.970. The third-order valence-corrected chi connectivity index (χ3v) is 4.42. The second-order valence-corrected chi connectivity index (χ2v) is 6.47. The summed E-state index contributed by atoms with van der Waals surface area (Å²) in [5.74, 6) is 0. The van der Waals surface area contributed by atoms with Crippen molar-refractivity contribution in [3.63, 3.8) is 0 Å². The molecule has 100 valence electrons. The van der Waals surface area contributed by atoms with Gasteiger partial charge < -0.3 is 5.32 Å². The van der Waals surface area contributed by atoms with Crippen LogP contribution in [0.25, 0.3) is 0 Å². The molecule has 0 spiro atoms. The number of halogens is 2. The highest BCUT2D eigenvalue weighted by atomic mass is 79.9. The summed E-state index contributed by atoms with van der Waals surface area (Å²) >= 11 is 7.18. The lowest BCUT2D eigenvalue weighted by Gasteiger charge is -2.19. The van der Waals surface area contributed by atoms with Gasteiger partial charge in [-0.3, -0.25) is 0 Å². The van der Waals surface area contributed by atoms with E-state index < -0.39 is 0 Å². The molecule has 0 saturated heterocycles. The predicted octanol–water partition coefficient (Wildman–Crippen LogP) is 5.02. The van der Waals surface area contributed by atoms with Crippen LogP contribution in [-0.2, 0) is 6.42 Å². The van der Waals surface area contributed by atoms with Gasteiger partial charge in [0.2, 0.25) is 0 Å². The van der Waals surface area contributed by atoms with Crippen molar-refractivity contribution in [1.82, 2.24) is 5.32 Å². The molecule has 0 aliphatic carbocycles. The van der Waals surface area contributed by atoms with Crippen molar-refractivity contribution >= 4 is 31.9 Å². The fraction of sp³-hybridized carbons (Fsp3) is 0.250. The Labute approximate surface area is 131 Å². The summed E-state index contributed by atoms with van der Waals surface area (Å²) in [4.78, 5) is 0. The first-order valence-corrected chi connectivity index (χ1v) is 7.86. The zero-order valence-electron chi connectivity index (χ0n) is 11.1. The molecule has 0 saturated carbocycles. The summed E-state index contributed by atoms with van der Waals surface area (Å²) < 4.78 is 2.29. The number of rotatable bonds is 4. The quantitative estimate of drug-likeness (QED) is 0.782. The molecule has 1 unspecified atom stereocenters. The zero-order valence-corrected chi connectivity index (χ0v) is 14.3. The standard InChI is InChI=1S/C16H17Br2N/c1-11-6-7-15(18)14(8-11)16(19-2)10-12-4-3-5-13(17)9-12/h3-9,16,19H,10H2,1-2H3. The van der Waals surface area contributed by atoms with Crippen LogP contribution < -0.4 is 5.32 Å². The summed E-state index contributed by atoms with van der Waals surface area (Å²) in [5.41, 5.74) is 3.91. The van der Waals surface area contributed by atoms with Crippen molar-refractivity contribution in [3.05, 3.63) is 68.1 Å². The van der Waals surface area contributed by atoms with E-state index >= 15 is 0 Å². The van der Waals surface area contributed by atoms with Crippen LogP contribution in [0, 0.1) is 6.92 Å². The Morgan fingerprint density at radius 2 is 1.89 bits per heavy atom. The number of benzene rings is 2. The molecule has 19 heavy (non-hydrogen) atoms. The van der Waals surface area contributed by atoms with E-state index in [0.29, 0.717) is 6.04 Å². The molecule has 1 nitrogen and oxygen atoms in total. The average Bonchev–Trinajstić information content (AvgIpc) is 2.39. The molecule has 2 aromatic rings. The summed E-state index contributed by atoms with van der Waals surface area (Å²) in [7, 11) is 2.01. The molecule has 0 radical (unpaired) electrons. The van der Waals surface area contributed by atoms with Gasteiger partial charge >= 0.3 is 0 Å². The summed E-state index contributed by atoms with van der Waals surface area (Å²) in [5, 5.41) is 3.41. The first-order valence-electron chi connectivity index (χ1n) is 6.28. The van der Waals surface area contributed by atoms with E-state index in [4.69, 9.17) is 0 Å². The third-order valence-electron chi connectivity index (χ3n) is 3.20. The Kier molecular flexibility index (Phi) is 5.20. The monoisotopic (exact) mass is 381 g/mol. The lowest BCUT2D eigenvalue weighted by molar-refractivity contribution is 0.589. The molecule has 0 amide bonds. The van der Waals surface area contributed by atoms with E-state index in [0.717, 1.165) is 15.4 Å². The van der Waals surface area contributed by atoms with Crippen LogP contribution in [-0.4, -0.2) is 7.05 Å². The largest absolute Gasteiger partial charge is 0.313 e. The highest BCUT2D eigenvalue weighted by Crippen LogP contribution is 2.27. The Morgan fingerprint density at radius 1 is 1.11 bits per heavy atom. The van der Waals surface area contributed by atoms with Crippen LogP contribution in [0.3, 0.4) is 0 Å². The third kappa shape index (κ3) is 3.91. The maximum absolute atomic E-state index is 3.65. The highest BCUT2D eigenvalue weighted by molar-refractivity contribution is 9.10. The van der Waals surface area contributed by atoms with E-state index in [2.05, 4.69) is 86.6 Å². The molecular formula is C16H17Br2N. The Hall–Kier alpha value is -0.640. The fourth-order valence-electron chi connectivity index (χ4n) is 2.20. The number of nitrogens with one attached hydrogen (secondary N) is 1. The van der Waals surface area contributed by atoms with E-state index in [1.54, 1.807) is 0 Å². The molecule has 0 bridgehead atoms. The van der Waals surface area contributed by atoms with Gasteiger partial charge in [0.15, 0.2) is 0 Å². The molecular weight excluding hydrogens is 366 g/mol. The molecule has 0 aromatic heterocycles. The summed E-state index contributed by atoms with van der Waals surface area (Å²) in [6, 6.07) is 15.3. The SMILES string of the molecule is CNC(Cc1cccc(Br)c1)c1cc(C)ccc1Br. The first kappa shape index (κ1) is 14.8. The normalized spacial score (nSPS) is 12.4. The number of hydrogen-bond acceptors (Lipinski definition) is 1. The van der Waals surface area contributed by atoms with Crippen molar-refractivity contribution in [1.29, 1.82) is 0 Å². The fourth-order valence-corrected chi connectivity index (χ4v) is 3.17. The van der Waals surface area contributed by atoms with Crippen LogP contribution in [0.5, 0.6) is 0 Å². The molecule has 1 atom stereocenters. The van der Waals surface area contributed by atoms with E-state index in [1.165, 1.54) is 16.7 Å². The molecule has 3 heteroatoms. The maximum Gasteiger partial charge on any atom is 0.0369 e. The van der Waals surface area contributed by atoms with Gasteiger partial charge in [0.05, 0.1) is 0 Å². The lowest BCUT2D eigenvalue weighted by Crippen LogP contribution is -2.19. The highest BCUT2D eigenvalue weighted by Gasteiger charge is 2.13. The Morgan fingerprint density at radius 3 is 2.58 bits per heavy atom. The van der Waals surface area contributed by atoms with Gasteiger partial charge in [-0.2, -0.15) is 0 Å². The second-order valence-electron chi connectivity index (χ2n) is 4.70. The van der Waals surface area contributed by atoms with Crippen LogP contribution in [0.2, 0.25) is 0 Å². The summed E-state index contributed by atoms with van der Waals surface area (Å²) in [6.45, 7) is 2.13. The molecule has 0 heterocycles. The minimum atomic E-state index is 0.309. The van der Waals surface area contributed by atoms with Crippen LogP contribution in [0.15, 0.2) is 51.4 Å². The van der Waals surface area contributed by atoms with Crippen molar-refractivity contribution in [2.24, 2.45) is 0 Å². The average molecular weight is 383 g/mol. The van der Waals surface area contributed by atoms with Gasteiger partial charge in [0.25, 0.3) is 0 Å². The second kappa shape index (κ2) is 6.69. The van der Waals surface area contributed by atoms with Crippen molar-refractivity contribution < 1.29 is 0 Å². The van der Waals surface area contributed by atoms with E-state index in [-0.39, 0.29) is 0 Å².